The van der Waals surface area contributed by atoms with Gasteiger partial charge in [0.1, 0.15) is 0 Å². The molecule has 1 N–H and O–H groups in total. The van der Waals surface area contributed by atoms with Crippen molar-refractivity contribution in [3.63, 3.8) is 0 Å². The number of rotatable bonds is 7. The molecule has 0 radical (unpaired) electrons. The number of thioether (sulfide) groups is 1. The van der Waals surface area contributed by atoms with Crippen LogP contribution in [0.3, 0.4) is 0 Å². The predicted octanol–water partition coefficient (Wildman–Crippen LogP) is 4.43. The number of anilines is 1. The van der Waals surface area contributed by atoms with E-state index >= 15 is 0 Å². The van der Waals surface area contributed by atoms with E-state index in [1.54, 1.807) is 6.07 Å². The maximum atomic E-state index is 12.5. The number of nitrogens with zero attached hydrogens (tertiary/aromatic N) is 2. The molecule has 1 aliphatic rings. The molecule has 0 spiro atoms. The highest BCUT2D eigenvalue weighted by molar-refractivity contribution is 7.98. The van der Waals surface area contributed by atoms with Gasteiger partial charge in [0.15, 0.2) is 0 Å². The predicted molar refractivity (Wildman–Crippen MR) is 124 cm³/mol. The molecule has 1 heterocycles. The Bertz CT molecular complexity index is 881. The maximum absolute atomic E-state index is 12.5. The minimum atomic E-state index is -0.193. The van der Waals surface area contributed by atoms with Gasteiger partial charge in [-0.1, -0.05) is 47.5 Å². The first-order valence-electron chi connectivity index (χ1n) is 10.1. The highest BCUT2D eigenvalue weighted by atomic mass is 35.5. The van der Waals surface area contributed by atoms with Gasteiger partial charge in [-0.25, -0.2) is 0 Å². The first-order chi connectivity index (χ1) is 14.5. The first kappa shape index (κ1) is 22.7. The van der Waals surface area contributed by atoms with Crippen LogP contribution in [0.4, 0.5) is 5.69 Å². The van der Waals surface area contributed by atoms with Crippen molar-refractivity contribution in [2.75, 3.05) is 37.8 Å². The molecule has 5 nitrogen and oxygen atoms in total. The van der Waals surface area contributed by atoms with E-state index in [9.17, 15) is 9.59 Å². The molecule has 0 aliphatic carbocycles. The molecule has 1 fully saturated rings. The van der Waals surface area contributed by atoms with Crippen LogP contribution in [0.25, 0.3) is 0 Å². The summed E-state index contributed by atoms with van der Waals surface area (Å²) < 4.78 is 0. The summed E-state index contributed by atoms with van der Waals surface area (Å²) in [7, 11) is 0. The topological polar surface area (TPSA) is 52.7 Å². The van der Waals surface area contributed by atoms with E-state index in [1.807, 2.05) is 23.3 Å². The number of carbonyl (C=O) groups excluding carboxylic acids is 2. The van der Waals surface area contributed by atoms with Gasteiger partial charge >= 0.3 is 0 Å². The Kier molecular flexibility index (Phi) is 8.19. The van der Waals surface area contributed by atoms with Crippen molar-refractivity contribution in [2.24, 2.45) is 0 Å². The monoisotopic (exact) mass is 445 g/mol. The van der Waals surface area contributed by atoms with Crippen LogP contribution in [0.15, 0.2) is 47.4 Å². The molecule has 160 valence electrons. The number of nitrogens with one attached hydrogen (secondary N) is 1. The largest absolute Gasteiger partial charge is 0.340 e. The van der Waals surface area contributed by atoms with Crippen LogP contribution in [-0.4, -0.2) is 54.0 Å². The van der Waals surface area contributed by atoms with Crippen LogP contribution in [0.2, 0.25) is 5.02 Å². The molecule has 1 aliphatic heterocycles. The molecule has 0 aromatic heterocycles. The number of carbonyl (C=O) groups is 2. The Balaban J connectivity index is 1.41. The van der Waals surface area contributed by atoms with Gasteiger partial charge in [-0.05, 0) is 30.9 Å². The fourth-order valence-corrected chi connectivity index (χ4v) is 4.37. The molecule has 2 aromatic rings. The second-order valence-corrected chi connectivity index (χ2v) is 8.74. The lowest BCUT2D eigenvalue weighted by Gasteiger charge is -2.34. The van der Waals surface area contributed by atoms with Crippen molar-refractivity contribution in [3.05, 3.63) is 58.6 Å². The Morgan fingerprint density at radius 3 is 2.40 bits per heavy atom. The molecule has 3 rings (SSSR count). The molecular formula is C23H28ClN3O2S. The number of aryl methyl sites for hydroxylation is 1. The zero-order chi connectivity index (χ0) is 21.5. The van der Waals surface area contributed by atoms with Gasteiger partial charge in [0.05, 0.1) is 10.7 Å². The molecule has 0 unspecified atom stereocenters. The Morgan fingerprint density at radius 2 is 1.73 bits per heavy atom. The number of benzene rings is 2. The summed E-state index contributed by atoms with van der Waals surface area (Å²) >= 11 is 7.83. The van der Waals surface area contributed by atoms with Crippen molar-refractivity contribution in [3.8, 4) is 0 Å². The van der Waals surface area contributed by atoms with Gasteiger partial charge in [0.2, 0.25) is 11.8 Å². The van der Waals surface area contributed by atoms with Crippen LogP contribution >= 0.6 is 23.4 Å². The molecule has 30 heavy (non-hydrogen) atoms. The minimum Gasteiger partial charge on any atom is -0.340 e. The van der Waals surface area contributed by atoms with Crippen LogP contribution in [-0.2, 0) is 16.1 Å². The molecule has 0 bridgehead atoms. The number of hydrogen-bond acceptors (Lipinski definition) is 4. The lowest BCUT2D eigenvalue weighted by Crippen LogP contribution is -2.48. The number of amides is 2. The summed E-state index contributed by atoms with van der Waals surface area (Å²) in [5.41, 5.74) is 3.14. The van der Waals surface area contributed by atoms with E-state index in [0.717, 1.165) is 24.5 Å². The van der Waals surface area contributed by atoms with Crippen molar-refractivity contribution in [1.82, 2.24) is 9.80 Å². The third kappa shape index (κ3) is 6.24. The lowest BCUT2D eigenvalue weighted by atomic mass is 10.1. The van der Waals surface area contributed by atoms with Gasteiger partial charge < -0.3 is 10.2 Å². The molecule has 7 heteroatoms. The SMILES string of the molecule is CSc1cccc(NC(=O)CCC(=O)N2CCN(Cc3ccc(C)cc3)CC2)c1Cl. The summed E-state index contributed by atoms with van der Waals surface area (Å²) in [6, 6.07) is 14.1. The van der Waals surface area contributed by atoms with E-state index < -0.39 is 0 Å². The summed E-state index contributed by atoms with van der Waals surface area (Å²) in [5, 5.41) is 3.35. The smallest absolute Gasteiger partial charge is 0.224 e. The standard InChI is InChI=1S/C23H28ClN3O2S/c1-17-6-8-18(9-7-17)16-26-12-14-27(15-13-26)22(29)11-10-21(28)25-19-4-3-5-20(30-2)23(19)24/h3-9H,10-16H2,1-2H3,(H,25,28). The molecule has 0 saturated carbocycles. The fourth-order valence-electron chi connectivity index (χ4n) is 3.46. The highest BCUT2D eigenvalue weighted by Crippen LogP contribution is 2.31. The summed E-state index contributed by atoms with van der Waals surface area (Å²) in [5.74, 6) is -0.161. The molecular weight excluding hydrogens is 418 g/mol. The van der Waals surface area contributed by atoms with E-state index in [1.165, 1.54) is 22.9 Å². The van der Waals surface area contributed by atoms with Crippen molar-refractivity contribution in [1.29, 1.82) is 0 Å². The molecule has 0 atom stereocenters. The van der Waals surface area contributed by atoms with Gasteiger partial charge in [0.25, 0.3) is 0 Å². The van der Waals surface area contributed by atoms with Crippen molar-refractivity contribution >= 4 is 40.9 Å². The maximum Gasteiger partial charge on any atom is 0.224 e. The summed E-state index contributed by atoms with van der Waals surface area (Å²) in [6.07, 6.45) is 2.30. The zero-order valence-electron chi connectivity index (χ0n) is 17.5. The summed E-state index contributed by atoms with van der Waals surface area (Å²) in [4.78, 5) is 29.9. The average molecular weight is 446 g/mol. The second-order valence-electron chi connectivity index (χ2n) is 7.51. The summed E-state index contributed by atoms with van der Waals surface area (Å²) in [6.45, 7) is 6.10. The number of piperazine rings is 1. The fraction of sp³-hybridized carbons (Fsp3) is 0.391. The lowest BCUT2D eigenvalue weighted by molar-refractivity contribution is -0.134. The quantitative estimate of drug-likeness (QED) is 0.640. The normalized spacial score (nSPS) is 14.6. The van der Waals surface area contributed by atoms with E-state index in [0.29, 0.717) is 23.8 Å². The van der Waals surface area contributed by atoms with E-state index in [2.05, 4.69) is 41.4 Å². The first-order valence-corrected chi connectivity index (χ1v) is 11.7. The van der Waals surface area contributed by atoms with Gasteiger partial charge in [-0.15, -0.1) is 11.8 Å². The average Bonchev–Trinajstić information content (AvgIpc) is 2.75. The second kappa shape index (κ2) is 10.8. The van der Waals surface area contributed by atoms with Crippen LogP contribution < -0.4 is 5.32 Å². The zero-order valence-corrected chi connectivity index (χ0v) is 19.1. The number of halogens is 1. The Labute approximate surface area is 187 Å². The third-order valence-corrected chi connectivity index (χ3v) is 6.57. The molecule has 1 saturated heterocycles. The van der Waals surface area contributed by atoms with E-state index in [-0.39, 0.29) is 24.7 Å². The Hall–Kier alpha value is -2.02. The van der Waals surface area contributed by atoms with Crippen LogP contribution in [0.1, 0.15) is 24.0 Å². The van der Waals surface area contributed by atoms with Gasteiger partial charge in [-0.2, -0.15) is 0 Å². The highest BCUT2D eigenvalue weighted by Gasteiger charge is 2.21. The van der Waals surface area contributed by atoms with Crippen LogP contribution in [0.5, 0.6) is 0 Å². The van der Waals surface area contributed by atoms with Crippen molar-refractivity contribution in [2.45, 2.75) is 31.2 Å². The Morgan fingerprint density at radius 1 is 1.03 bits per heavy atom. The van der Waals surface area contributed by atoms with E-state index in [4.69, 9.17) is 11.6 Å². The minimum absolute atomic E-state index is 0.0316. The van der Waals surface area contributed by atoms with Gasteiger partial charge in [0, 0.05) is 50.5 Å². The third-order valence-electron chi connectivity index (χ3n) is 5.27. The van der Waals surface area contributed by atoms with Crippen molar-refractivity contribution < 1.29 is 9.59 Å². The molecule has 2 amide bonds. The van der Waals surface area contributed by atoms with Gasteiger partial charge in [-0.3, -0.25) is 14.5 Å². The van der Waals surface area contributed by atoms with Crippen LogP contribution in [0, 0.1) is 6.92 Å². The number of hydrogen-bond donors (Lipinski definition) is 1. The molecule has 2 aromatic carbocycles.